The van der Waals surface area contributed by atoms with Crippen LogP contribution in [-0.2, 0) is 20.9 Å². The maximum atomic E-state index is 12.3. The van der Waals surface area contributed by atoms with Crippen LogP contribution in [0.2, 0.25) is 5.02 Å². The Kier molecular flexibility index (Phi) is 9.30. The van der Waals surface area contributed by atoms with Gasteiger partial charge in [0.1, 0.15) is 5.75 Å². The second kappa shape index (κ2) is 11.9. The number of halogens is 1. The van der Waals surface area contributed by atoms with Crippen molar-refractivity contribution in [3.63, 3.8) is 0 Å². The fourth-order valence-corrected chi connectivity index (χ4v) is 3.12. The van der Waals surface area contributed by atoms with Crippen molar-refractivity contribution >= 4 is 29.4 Å². The first-order valence-electron chi connectivity index (χ1n) is 9.65. The molecule has 1 saturated heterocycles. The largest absolute Gasteiger partial charge is 0.484 e. The number of carboxylic acid groups (broad SMARTS) is 2. The number of hydrogen-bond acceptors (Lipinski definition) is 5. The highest BCUT2D eigenvalue weighted by atomic mass is 35.5. The SMILES string of the molecule is Cc1cccc(CN2CCN(C(=O)COc3ccc(Cl)cc3)CC2)c1.O=C(O)C(=O)O. The van der Waals surface area contributed by atoms with Crippen molar-refractivity contribution in [1.82, 2.24) is 9.80 Å². The lowest BCUT2D eigenvalue weighted by Gasteiger charge is -2.34. The minimum absolute atomic E-state index is 0.0326. The van der Waals surface area contributed by atoms with E-state index in [2.05, 4.69) is 36.1 Å². The summed E-state index contributed by atoms with van der Waals surface area (Å²) in [5.41, 5.74) is 2.61. The summed E-state index contributed by atoms with van der Waals surface area (Å²) in [5.74, 6) is -2.95. The zero-order chi connectivity index (χ0) is 22.8. The van der Waals surface area contributed by atoms with Crippen molar-refractivity contribution in [2.24, 2.45) is 0 Å². The van der Waals surface area contributed by atoms with Gasteiger partial charge in [-0.25, -0.2) is 9.59 Å². The second-order valence-electron chi connectivity index (χ2n) is 7.00. The zero-order valence-corrected chi connectivity index (χ0v) is 17.9. The van der Waals surface area contributed by atoms with Gasteiger partial charge in [0.25, 0.3) is 5.91 Å². The Morgan fingerprint density at radius 3 is 2.13 bits per heavy atom. The monoisotopic (exact) mass is 448 g/mol. The molecule has 2 N–H and O–H groups in total. The molecule has 2 aromatic rings. The van der Waals surface area contributed by atoms with E-state index in [0.29, 0.717) is 10.8 Å². The van der Waals surface area contributed by atoms with Gasteiger partial charge in [-0.1, -0.05) is 41.4 Å². The first-order valence-corrected chi connectivity index (χ1v) is 10.0. The standard InChI is InChI=1S/C20H23ClN2O2.C2H2O4/c1-16-3-2-4-17(13-16)14-22-9-11-23(12-10-22)20(24)15-25-19-7-5-18(21)6-8-19;3-1(4)2(5)6/h2-8,13H,9-12,14-15H2,1H3;(H,3,4)(H,5,6). The highest BCUT2D eigenvalue weighted by molar-refractivity contribution is 6.30. The van der Waals surface area contributed by atoms with Crippen LogP contribution in [0, 0.1) is 6.92 Å². The molecule has 1 aliphatic heterocycles. The lowest BCUT2D eigenvalue weighted by atomic mass is 10.1. The first-order chi connectivity index (χ1) is 14.7. The molecule has 0 unspecified atom stereocenters. The topological polar surface area (TPSA) is 107 Å². The molecule has 0 atom stereocenters. The average molecular weight is 449 g/mol. The number of carbonyl (C=O) groups is 3. The van der Waals surface area contributed by atoms with Crippen LogP contribution < -0.4 is 4.74 Å². The summed E-state index contributed by atoms with van der Waals surface area (Å²) in [7, 11) is 0. The molecule has 8 nitrogen and oxygen atoms in total. The molecule has 9 heteroatoms. The van der Waals surface area contributed by atoms with E-state index in [1.807, 2.05) is 4.90 Å². The fraction of sp³-hybridized carbons (Fsp3) is 0.318. The molecule has 0 spiro atoms. The Labute approximate surface area is 185 Å². The summed E-state index contributed by atoms with van der Waals surface area (Å²) in [5, 5.41) is 15.4. The molecule has 1 aliphatic rings. The third-order valence-electron chi connectivity index (χ3n) is 4.57. The number of piperazine rings is 1. The molecular formula is C22H25ClN2O6. The van der Waals surface area contributed by atoms with Gasteiger partial charge in [-0.15, -0.1) is 0 Å². The van der Waals surface area contributed by atoms with Crippen molar-refractivity contribution < 1.29 is 29.3 Å². The van der Waals surface area contributed by atoms with Gasteiger partial charge in [-0.3, -0.25) is 9.69 Å². The summed E-state index contributed by atoms with van der Waals surface area (Å²) in [6, 6.07) is 15.6. The Balaban J connectivity index is 0.000000501. The minimum Gasteiger partial charge on any atom is -0.484 e. The molecule has 1 amide bonds. The number of benzene rings is 2. The summed E-state index contributed by atoms with van der Waals surface area (Å²) < 4.78 is 5.55. The predicted octanol–water partition coefficient (Wildman–Crippen LogP) is 2.53. The van der Waals surface area contributed by atoms with E-state index in [1.54, 1.807) is 24.3 Å². The number of aliphatic carboxylic acids is 2. The predicted molar refractivity (Wildman–Crippen MR) is 115 cm³/mol. The Hall–Kier alpha value is -3.10. The maximum Gasteiger partial charge on any atom is 0.414 e. The second-order valence-corrected chi connectivity index (χ2v) is 7.44. The minimum atomic E-state index is -1.82. The number of aryl methyl sites for hydroxylation is 1. The number of amides is 1. The van der Waals surface area contributed by atoms with E-state index < -0.39 is 11.9 Å². The molecule has 166 valence electrons. The van der Waals surface area contributed by atoms with Gasteiger partial charge >= 0.3 is 11.9 Å². The summed E-state index contributed by atoms with van der Waals surface area (Å²) in [6.07, 6.45) is 0. The van der Waals surface area contributed by atoms with Crippen LogP contribution in [0.5, 0.6) is 5.75 Å². The van der Waals surface area contributed by atoms with Crippen molar-refractivity contribution in [1.29, 1.82) is 0 Å². The lowest BCUT2D eigenvalue weighted by molar-refractivity contribution is -0.159. The molecule has 0 radical (unpaired) electrons. The number of nitrogens with zero attached hydrogens (tertiary/aromatic N) is 2. The normalized spacial score (nSPS) is 13.7. The number of carbonyl (C=O) groups excluding carboxylic acids is 1. The molecule has 0 bridgehead atoms. The van der Waals surface area contributed by atoms with Gasteiger partial charge in [0, 0.05) is 37.7 Å². The van der Waals surface area contributed by atoms with E-state index in [0.717, 1.165) is 32.7 Å². The fourth-order valence-electron chi connectivity index (χ4n) is 2.99. The average Bonchev–Trinajstić information content (AvgIpc) is 2.74. The molecule has 31 heavy (non-hydrogen) atoms. The van der Waals surface area contributed by atoms with Crippen molar-refractivity contribution in [3.05, 3.63) is 64.7 Å². The number of rotatable bonds is 5. The smallest absolute Gasteiger partial charge is 0.414 e. The quantitative estimate of drug-likeness (QED) is 0.676. The Morgan fingerprint density at radius 1 is 0.968 bits per heavy atom. The van der Waals surface area contributed by atoms with Crippen molar-refractivity contribution in [2.75, 3.05) is 32.8 Å². The van der Waals surface area contributed by atoms with E-state index in [9.17, 15) is 4.79 Å². The van der Waals surface area contributed by atoms with Crippen LogP contribution in [0.1, 0.15) is 11.1 Å². The van der Waals surface area contributed by atoms with E-state index in [4.69, 9.17) is 36.1 Å². The molecule has 1 fully saturated rings. The molecule has 1 heterocycles. The summed E-state index contributed by atoms with van der Waals surface area (Å²) in [6.45, 7) is 6.38. The Morgan fingerprint density at radius 2 is 1.58 bits per heavy atom. The molecule has 2 aromatic carbocycles. The van der Waals surface area contributed by atoms with Gasteiger partial charge < -0.3 is 19.8 Å². The first kappa shape index (κ1) is 24.2. The molecule has 0 aromatic heterocycles. The third kappa shape index (κ3) is 8.65. The lowest BCUT2D eigenvalue weighted by Crippen LogP contribution is -2.49. The summed E-state index contributed by atoms with van der Waals surface area (Å²) >= 11 is 5.84. The van der Waals surface area contributed by atoms with Crippen molar-refractivity contribution in [3.8, 4) is 5.75 Å². The van der Waals surface area contributed by atoms with Crippen LogP contribution in [-0.4, -0.2) is 70.6 Å². The van der Waals surface area contributed by atoms with Crippen molar-refractivity contribution in [2.45, 2.75) is 13.5 Å². The van der Waals surface area contributed by atoms with Crippen LogP contribution in [0.3, 0.4) is 0 Å². The third-order valence-corrected chi connectivity index (χ3v) is 4.82. The van der Waals surface area contributed by atoms with Crippen LogP contribution in [0.25, 0.3) is 0 Å². The van der Waals surface area contributed by atoms with Gasteiger partial charge in [0.2, 0.25) is 0 Å². The van der Waals surface area contributed by atoms with Crippen LogP contribution >= 0.6 is 11.6 Å². The van der Waals surface area contributed by atoms with Gasteiger partial charge in [0.05, 0.1) is 0 Å². The molecular weight excluding hydrogens is 424 g/mol. The maximum absolute atomic E-state index is 12.3. The zero-order valence-electron chi connectivity index (χ0n) is 17.2. The number of hydrogen-bond donors (Lipinski definition) is 2. The van der Waals surface area contributed by atoms with Gasteiger partial charge in [0.15, 0.2) is 6.61 Å². The van der Waals surface area contributed by atoms with Gasteiger partial charge in [-0.2, -0.15) is 0 Å². The highest BCUT2D eigenvalue weighted by Crippen LogP contribution is 2.16. The molecule has 0 aliphatic carbocycles. The van der Waals surface area contributed by atoms with E-state index in [-0.39, 0.29) is 12.5 Å². The van der Waals surface area contributed by atoms with Crippen LogP contribution in [0.4, 0.5) is 0 Å². The number of ether oxygens (including phenoxy) is 1. The van der Waals surface area contributed by atoms with Crippen LogP contribution in [0.15, 0.2) is 48.5 Å². The number of carboxylic acids is 2. The summed E-state index contributed by atoms with van der Waals surface area (Å²) in [4.78, 5) is 34.8. The molecule has 3 rings (SSSR count). The molecule has 0 saturated carbocycles. The highest BCUT2D eigenvalue weighted by Gasteiger charge is 2.21. The van der Waals surface area contributed by atoms with E-state index in [1.165, 1.54) is 11.1 Å². The Bertz CT molecular complexity index is 883. The van der Waals surface area contributed by atoms with E-state index >= 15 is 0 Å². The van der Waals surface area contributed by atoms with Gasteiger partial charge in [-0.05, 0) is 36.8 Å².